The average Bonchev–Trinajstić information content (AvgIpc) is 2.88. The standard InChI is InChI=1S/C29H30N4O2/c1-18-7-12-27(31-16-18)32-17-23-19(2)33-25-14-21(20-8-10-22(35-3)11-9-20)15-26(34)29(25)28(23)24-6-4-5-13-30-24/h4-13,16,21,28,33H,14-15,17H2,1-3H3,(H,31,32)/t21-,28-/m0/s1. The fraction of sp³-hybridized carbons (Fsp3) is 0.276. The van der Waals surface area contributed by atoms with Crippen LogP contribution in [0.4, 0.5) is 5.82 Å². The molecule has 0 fully saturated rings. The molecule has 0 spiro atoms. The quantitative estimate of drug-likeness (QED) is 0.516. The number of aryl methyl sites for hydroxylation is 1. The number of pyridine rings is 2. The van der Waals surface area contributed by atoms with Crippen molar-refractivity contribution in [3.8, 4) is 5.75 Å². The first-order valence-electron chi connectivity index (χ1n) is 12.0. The molecule has 2 N–H and O–H groups in total. The summed E-state index contributed by atoms with van der Waals surface area (Å²) in [6.07, 6.45) is 4.92. The van der Waals surface area contributed by atoms with E-state index in [4.69, 9.17) is 4.74 Å². The van der Waals surface area contributed by atoms with Crippen molar-refractivity contribution in [1.82, 2.24) is 15.3 Å². The first-order valence-corrected chi connectivity index (χ1v) is 12.0. The van der Waals surface area contributed by atoms with Crippen LogP contribution in [0.5, 0.6) is 5.75 Å². The van der Waals surface area contributed by atoms with E-state index in [1.165, 1.54) is 0 Å². The van der Waals surface area contributed by atoms with Gasteiger partial charge in [0.15, 0.2) is 5.78 Å². The summed E-state index contributed by atoms with van der Waals surface area (Å²) in [5.41, 5.74) is 7.18. The zero-order chi connectivity index (χ0) is 24.4. The topological polar surface area (TPSA) is 76.1 Å². The second-order valence-corrected chi connectivity index (χ2v) is 9.23. The summed E-state index contributed by atoms with van der Waals surface area (Å²) in [5.74, 6) is 1.75. The number of benzene rings is 1. The maximum Gasteiger partial charge on any atom is 0.162 e. The van der Waals surface area contributed by atoms with Crippen LogP contribution >= 0.6 is 0 Å². The van der Waals surface area contributed by atoms with Gasteiger partial charge in [-0.25, -0.2) is 4.98 Å². The summed E-state index contributed by atoms with van der Waals surface area (Å²) in [7, 11) is 1.66. The Morgan fingerprint density at radius 3 is 2.54 bits per heavy atom. The number of nitrogens with zero attached hydrogens (tertiary/aromatic N) is 2. The number of ketones is 1. The van der Waals surface area contributed by atoms with Crippen LogP contribution in [-0.2, 0) is 4.79 Å². The van der Waals surface area contributed by atoms with Gasteiger partial charge in [-0.15, -0.1) is 0 Å². The predicted octanol–water partition coefficient (Wildman–Crippen LogP) is 5.27. The third-order valence-electron chi connectivity index (χ3n) is 6.91. The van der Waals surface area contributed by atoms with Crippen molar-refractivity contribution in [2.75, 3.05) is 19.0 Å². The summed E-state index contributed by atoms with van der Waals surface area (Å²) in [6, 6.07) is 18.0. The van der Waals surface area contributed by atoms with Crippen LogP contribution in [0.15, 0.2) is 89.5 Å². The van der Waals surface area contributed by atoms with Gasteiger partial charge < -0.3 is 15.4 Å². The number of Topliss-reactive ketones (excluding diaryl/α,β-unsaturated/α-hetero) is 1. The Labute approximate surface area is 206 Å². The minimum atomic E-state index is -0.185. The number of nitrogens with one attached hydrogen (secondary N) is 2. The van der Waals surface area contributed by atoms with Crippen molar-refractivity contribution in [1.29, 1.82) is 0 Å². The van der Waals surface area contributed by atoms with Crippen molar-refractivity contribution in [3.05, 3.63) is 106 Å². The Morgan fingerprint density at radius 1 is 1.03 bits per heavy atom. The van der Waals surface area contributed by atoms with Gasteiger partial charge in [-0.1, -0.05) is 24.3 Å². The monoisotopic (exact) mass is 466 g/mol. The molecule has 35 heavy (non-hydrogen) atoms. The molecule has 0 bridgehead atoms. The zero-order valence-corrected chi connectivity index (χ0v) is 20.3. The number of ether oxygens (including phenoxy) is 1. The lowest BCUT2D eigenvalue weighted by Gasteiger charge is -2.37. The molecule has 6 nitrogen and oxygen atoms in total. The molecule has 0 unspecified atom stereocenters. The first kappa shape index (κ1) is 22.8. The van der Waals surface area contributed by atoms with Crippen LogP contribution in [0.1, 0.15) is 48.4 Å². The third kappa shape index (κ3) is 4.69. The Morgan fingerprint density at radius 2 is 1.86 bits per heavy atom. The molecule has 0 saturated carbocycles. The van der Waals surface area contributed by atoms with Crippen LogP contribution in [0.2, 0.25) is 0 Å². The van der Waals surface area contributed by atoms with Gasteiger partial charge >= 0.3 is 0 Å². The third-order valence-corrected chi connectivity index (χ3v) is 6.91. The fourth-order valence-electron chi connectivity index (χ4n) is 5.06. The second-order valence-electron chi connectivity index (χ2n) is 9.23. The molecule has 1 aliphatic carbocycles. The summed E-state index contributed by atoms with van der Waals surface area (Å²) in [4.78, 5) is 22.8. The van der Waals surface area contributed by atoms with Gasteiger partial charge in [0.25, 0.3) is 0 Å². The van der Waals surface area contributed by atoms with E-state index in [0.717, 1.165) is 57.3 Å². The van der Waals surface area contributed by atoms with Crippen LogP contribution < -0.4 is 15.4 Å². The van der Waals surface area contributed by atoms with Gasteiger partial charge in [0, 0.05) is 42.3 Å². The normalized spacial score (nSPS) is 19.8. The van der Waals surface area contributed by atoms with Crippen molar-refractivity contribution in [2.45, 2.75) is 38.5 Å². The van der Waals surface area contributed by atoms with Crippen molar-refractivity contribution in [3.63, 3.8) is 0 Å². The van der Waals surface area contributed by atoms with E-state index in [9.17, 15) is 4.79 Å². The molecule has 2 aliphatic rings. The highest BCUT2D eigenvalue weighted by Crippen LogP contribution is 2.45. The highest BCUT2D eigenvalue weighted by Gasteiger charge is 2.39. The van der Waals surface area contributed by atoms with E-state index in [1.54, 1.807) is 13.3 Å². The number of allylic oxidation sites excluding steroid dienone is 3. The minimum Gasteiger partial charge on any atom is -0.497 e. The molecular weight excluding hydrogens is 436 g/mol. The molecule has 178 valence electrons. The van der Waals surface area contributed by atoms with E-state index < -0.39 is 0 Å². The zero-order valence-electron chi connectivity index (χ0n) is 20.3. The molecule has 1 aromatic carbocycles. The largest absolute Gasteiger partial charge is 0.497 e. The number of dihydropyridines is 1. The molecule has 0 saturated heterocycles. The summed E-state index contributed by atoms with van der Waals surface area (Å²) in [5, 5.41) is 7.04. The maximum atomic E-state index is 13.7. The molecule has 2 atom stereocenters. The summed E-state index contributed by atoms with van der Waals surface area (Å²) < 4.78 is 5.30. The van der Waals surface area contributed by atoms with Crippen LogP contribution in [-0.4, -0.2) is 29.4 Å². The van der Waals surface area contributed by atoms with Gasteiger partial charge in [0.05, 0.1) is 18.7 Å². The molecule has 3 aromatic rings. The number of anilines is 1. The Hall–Kier alpha value is -3.93. The number of rotatable bonds is 6. The minimum absolute atomic E-state index is 0.133. The fourth-order valence-corrected chi connectivity index (χ4v) is 5.06. The maximum absolute atomic E-state index is 13.7. The number of hydrogen-bond acceptors (Lipinski definition) is 6. The number of carbonyl (C=O) groups is 1. The average molecular weight is 467 g/mol. The van der Waals surface area contributed by atoms with Crippen molar-refractivity contribution in [2.24, 2.45) is 0 Å². The number of aromatic nitrogens is 2. The van der Waals surface area contributed by atoms with Gasteiger partial charge in [0.2, 0.25) is 0 Å². The van der Waals surface area contributed by atoms with Gasteiger partial charge in [0.1, 0.15) is 11.6 Å². The Balaban J connectivity index is 1.47. The lowest BCUT2D eigenvalue weighted by Crippen LogP contribution is -2.35. The molecule has 0 radical (unpaired) electrons. The van der Waals surface area contributed by atoms with E-state index in [2.05, 4.69) is 39.7 Å². The highest BCUT2D eigenvalue weighted by atomic mass is 16.5. The molecule has 0 amide bonds. The summed E-state index contributed by atoms with van der Waals surface area (Å²) >= 11 is 0. The molecule has 6 heteroatoms. The smallest absolute Gasteiger partial charge is 0.162 e. The van der Waals surface area contributed by atoms with Gasteiger partial charge in [-0.05, 0) is 73.2 Å². The molecule has 5 rings (SSSR count). The van der Waals surface area contributed by atoms with Crippen molar-refractivity contribution >= 4 is 11.6 Å². The Kier molecular flexibility index (Phi) is 6.36. The highest BCUT2D eigenvalue weighted by molar-refractivity contribution is 6.00. The first-order chi connectivity index (χ1) is 17.0. The Bertz CT molecular complexity index is 1280. The molecular formula is C29H30N4O2. The van der Waals surface area contributed by atoms with Crippen LogP contribution in [0.25, 0.3) is 0 Å². The molecule has 3 heterocycles. The van der Waals surface area contributed by atoms with Crippen LogP contribution in [0.3, 0.4) is 0 Å². The van der Waals surface area contributed by atoms with E-state index >= 15 is 0 Å². The number of hydrogen-bond donors (Lipinski definition) is 2. The summed E-state index contributed by atoms with van der Waals surface area (Å²) in [6.45, 7) is 4.68. The number of carbonyl (C=O) groups excluding carboxylic acids is 1. The molecule has 1 aliphatic heterocycles. The molecule has 2 aromatic heterocycles. The second kappa shape index (κ2) is 9.74. The lowest BCUT2D eigenvalue weighted by molar-refractivity contribution is -0.116. The lowest BCUT2D eigenvalue weighted by atomic mass is 9.73. The van der Waals surface area contributed by atoms with Crippen LogP contribution in [0, 0.1) is 6.92 Å². The van der Waals surface area contributed by atoms with Gasteiger partial charge in [-0.3, -0.25) is 9.78 Å². The van der Waals surface area contributed by atoms with Crippen molar-refractivity contribution < 1.29 is 9.53 Å². The number of methoxy groups -OCH3 is 1. The van der Waals surface area contributed by atoms with E-state index in [1.807, 2.05) is 55.6 Å². The van der Waals surface area contributed by atoms with E-state index in [-0.39, 0.29) is 17.6 Å². The predicted molar refractivity (Wildman–Crippen MR) is 137 cm³/mol. The van der Waals surface area contributed by atoms with Gasteiger partial charge in [-0.2, -0.15) is 0 Å². The van der Waals surface area contributed by atoms with E-state index in [0.29, 0.717) is 13.0 Å². The SMILES string of the molecule is COc1ccc([C@@H]2CC(=O)C3=C(C2)NC(C)=C(CNc2ccc(C)cn2)[C@H]3c2ccccn2)cc1.